The van der Waals surface area contributed by atoms with Crippen LogP contribution in [0.4, 0.5) is 4.79 Å². The summed E-state index contributed by atoms with van der Waals surface area (Å²) >= 11 is 6.52. The molecule has 1 N–H and O–H groups in total. The Hall–Kier alpha value is -2.90. The molecule has 0 fully saturated rings. The number of amides is 3. The Morgan fingerprint density at radius 2 is 1.97 bits per heavy atom. The summed E-state index contributed by atoms with van der Waals surface area (Å²) < 4.78 is 5.14. The molecule has 1 aliphatic heterocycles. The lowest BCUT2D eigenvalue weighted by Gasteiger charge is -2.27. The maximum Gasteiger partial charge on any atom is 0.317 e. The zero-order valence-electron chi connectivity index (χ0n) is 20.3. The van der Waals surface area contributed by atoms with Crippen LogP contribution >= 0.6 is 11.6 Å². The molecule has 2 aromatic carbocycles. The van der Waals surface area contributed by atoms with E-state index in [0.717, 1.165) is 28.8 Å². The molecule has 3 rings (SSSR count). The third kappa shape index (κ3) is 6.15. The Morgan fingerprint density at radius 1 is 1.21 bits per heavy atom. The number of nitrogens with one attached hydrogen (secondary N) is 1. The van der Waals surface area contributed by atoms with Crippen molar-refractivity contribution in [3.8, 4) is 0 Å². The zero-order chi connectivity index (χ0) is 24.7. The molecule has 1 atom stereocenters. The predicted molar refractivity (Wildman–Crippen MR) is 135 cm³/mol. The minimum absolute atomic E-state index is 0.108. The Morgan fingerprint density at radius 3 is 2.65 bits per heavy atom. The second kappa shape index (κ2) is 12.0. The fourth-order valence-electron chi connectivity index (χ4n) is 3.86. The number of benzene rings is 2. The van der Waals surface area contributed by atoms with Gasteiger partial charge in [-0.05, 0) is 54.7 Å². The molecule has 0 aromatic heterocycles. The molecule has 8 heteroatoms. The van der Waals surface area contributed by atoms with Gasteiger partial charge >= 0.3 is 6.03 Å². The van der Waals surface area contributed by atoms with Gasteiger partial charge in [0.05, 0.1) is 18.4 Å². The van der Waals surface area contributed by atoms with Crippen molar-refractivity contribution in [1.82, 2.24) is 15.2 Å². The number of aryl methyl sites for hydroxylation is 2. The first kappa shape index (κ1) is 25.7. The van der Waals surface area contributed by atoms with Gasteiger partial charge in [0.25, 0.3) is 5.91 Å². The summed E-state index contributed by atoms with van der Waals surface area (Å²) in [7, 11) is 1.57. The number of nitrogens with zero attached hydrogens (tertiary/aromatic N) is 3. The van der Waals surface area contributed by atoms with E-state index in [2.05, 4.69) is 31.3 Å². The molecule has 0 aliphatic carbocycles. The van der Waals surface area contributed by atoms with Gasteiger partial charge in [-0.1, -0.05) is 48.9 Å². The van der Waals surface area contributed by atoms with E-state index in [1.54, 1.807) is 7.11 Å². The number of hydrazone groups is 1. The lowest BCUT2D eigenvalue weighted by atomic mass is 9.96. The Balaban J connectivity index is 1.91. The minimum Gasteiger partial charge on any atom is -0.383 e. The molecule has 3 amide bonds. The standard InChI is InChI=1S/C26H33ClN4O3/c1-5-12-28-26(33)30(13-14-34-4)17-25(32)31-24(21-8-6-7-9-22(21)27)16-23(29-31)20-11-10-18(2)19(3)15-20/h6-11,15,24H,5,12-14,16-17H2,1-4H3,(H,28,33)/t24-/m0/s1. The summed E-state index contributed by atoms with van der Waals surface area (Å²) in [6, 6.07) is 13.0. The van der Waals surface area contributed by atoms with E-state index in [9.17, 15) is 9.59 Å². The van der Waals surface area contributed by atoms with Crippen LogP contribution in [0.2, 0.25) is 5.02 Å². The highest BCUT2D eigenvalue weighted by molar-refractivity contribution is 6.31. The molecule has 0 unspecified atom stereocenters. The number of hydrogen-bond donors (Lipinski definition) is 1. The van der Waals surface area contributed by atoms with Crippen LogP contribution in [0, 0.1) is 13.8 Å². The Kier molecular flexibility index (Phi) is 9.07. The third-order valence-corrected chi connectivity index (χ3v) is 6.32. The largest absolute Gasteiger partial charge is 0.383 e. The number of urea groups is 1. The molecule has 0 spiro atoms. The van der Waals surface area contributed by atoms with E-state index in [1.165, 1.54) is 15.5 Å². The van der Waals surface area contributed by atoms with E-state index in [1.807, 2.05) is 37.3 Å². The molecular weight excluding hydrogens is 452 g/mol. The summed E-state index contributed by atoms with van der Waals surface area (Å²) in [6.45, 7) is 7.17. The van der Waals surface area contributed by atoms with Gasteiger partial charge in [0.15, 0.2) is 0 Å². The minimum atomic E-state index is -0.346. The molecule has 34 heavy (non-hydrogen) atoms. The smallest absolute Gasteiger partial charge is 0.317 e. The van der Waals surface area contributed by atoms with Crippen molar-refractivity contribution in [2.24, 2.45) is 5.10 Å². The number of ether oxygens (including phenoxy) is 1. The monoisotopic (exact) mass is 484 g/mol. The molecule has 1 aliphatic rings. The topological polar surface area (TPSA) is 74.2 Å². The van der Waals surface area contributed by atoms with Crippen LogP contribution in [0.1, 0.15) is 48.1 Å². The predicted octanol–water partition coefficient (Wildman–Crippen LogP) is 4.70. The van der Waals surface area contributed by atoms with Crippen LogP contribution in [-0.4, -0.2) is 60.9 Å². The summed E-state index contributed by atoms with van der Waals surface area (Å²) in [6.07, 6.45) is 1.35. The van der Waals surface area contributed by atoms with Gasteiger partial charge < -0.3 is 15.0 Å². The molecular formula is C26H33ClN4O3. The maximum absolute atomic E-state index is 13.5. The molecule has 0 bridgehead atoms. The van der Waals surface area contributed by atoms with Crippen molar-refractivity contribution >= 4 is 29.3 Å². The number of carbonyl (C=O) groups excluding carboxylic acids is 2. The SMILES string of the molecule is CCCNC(=O)N(CCOC)CC(=O)N1N=C(c2ccc(C)c(C)c2)C[C@H]1c1ccccc1Cl. The van der Waals surface area contributed by atoms with E-state index < -0.39 is 0 Å². The average Bonchev–Trinajstić information content (AvgIpc) is 3.27. The quantitative estimate of drug-likeness (QED) is 0.560. The van der Waals surface area contributed by atoms with Gasteiger partial charge in [-0.3, -0.25) is 4.79 Å². The highest BCUT2D eigenvalue weighted by Gasteiger charge is 2.35. The first-order valence-corrected chi connectivity index (χ1v) is 12.0. The first-order chi connectivity index (χ1) is 16.3. The Labute approximate surface area is 206 Å². The van der Waals surface area contributed by atoms with Crippen molar-refractivity contribution in [2.45, 2.75) is 39.7 Å². The van der Waals surface area contributed by atoms with Crippen LogP contribution in [0.3, 0.4) is 0 Å². The van der Waals surface area contributed by atoms with Crippen molar-refractivity contribution in [2.75, 3.05) is 33.4 Å². The lowest BCUT2D eigenvalue weighted by molar-refractivity contribution is -0.133. The number of methoxy groups -OCH3 is 1. The fourth-order valence-corrected chi connectivity index (χ4v) is 4.12. The third-order valence-electron chi connectivity index (χ3n) is 5.98. The zero-order valence-corrected chi connectivity index (χ0v) is 21.1. The number of rotatable bonds is 9. The van der Waals surface area contributed by atoms with Crippen molar-refractivity contribution in [3.63, 3.8) is 0 Å². The van der Waals surface area contributed by atoms with E-state index in [-0.39, 0.29) is 24.5 Å². The van der Waals surface area contributed by atoms with Gasteiger partial charge in [0.1, 0.15) is 6.54 Å². The summed E-state index contributed by atoms with van der Waals surface area (Å²) in [5, 5.41) is 9.64. The molecule has 0 radical (unpaired) electrons. The molecule has 2 aromatic rings. The number of halogens is 1. The number of carbonyl (C=O) groups is 2. The Bertz CT molecular complexity index is 1060. The van der Waals surface area contributed by atoms with Crippen molar-refractivity contribution in [1.29, 1.82) is 0 Å². The second-order valence-electron chi connectivity index (χ2n) is 8.47. The summed E-state index contributed by atoms with van der Waals surface area (Å²) in [5.74, 6) is -0.272. The van der Waals surface area contributed by atoms with Crippen LogP contribution < -0.4 is 5.32 Å². The van der Waals surface area contributed by atoms with Gasteiger partial charge in [-0.25, -0.2) is 9.80 Å². The van der Waals surface area contributed by atoms with Crippen LogP contribution in [0.15, 0.2) is 47.6 Å². The molecule has 0 saturated heterocycles. The van der Waals surface area contributed by atoms with Crippen molar-refractivity contribution < 1.29 is 14.3 Å². The van der Waals surface area contributed by atoms with Crippen molar-refractivity contribution in [3.05, 3.63) is 69.7 Å². The van der Waals surface area contributed by atoms with Crippen LogP contribution in [-0.2, 0) is 9.53 Å². The highest BCUT2D eigenvalue weighted by Crippen LogP contribution is 2.36. The number of hydrogen-bond acceptors (Lipinski definition) is 4. The van der Waals surface area contributed by atoms with Gasteiger partial charge in [0, 0.05) is 31.6 Å². The van der Waals surface area contributed by atoms with Gasteiger partial charge in [-0.15, -0.1) is 0 Å². The van der Waals surface area contributed by atoms with Crippen LogP contribution in [0.25, 0.3) is 0 Å². The second-order valence-corrected chi connectivity index (χ2v) is 8.88. The van der Waals surface area contributed by atoms with E-state index in [4.69, 9.17) is 21.4 Å². The van der Waals surface area contributed by atoms with E-state index >= 15 is 0 Å². The van der Waals surface area contributed by atoms with Gasteiger partial charge in [-0.2, -0.15) is 5.10 Å². The molecule has 1 heterocycles. The maximum atomic E-state index is 13.5. The normalized spacial score (nSPS) is 15.3. The van der Waals surface area contributed by atoms with Gasteiger partial charge in [0.2, 0.25) is 0 Å². The highest BCUT2D eigenvalue weighted by atomic mass is 35.5. The van der Waals surface area contributed by atoms with Crippen LogP contribution in [0.5, 0.6) is 0 Å². The summed E-state index contributed by atoms with van der Waals surface area (Å²) in [5.41, 5.74) is 4.99. The average molecular weight is 485 g/mol. The molecule has 7 nitrogen and oxygen atoms in total. The van der Waals surface area contributed by atoms with E-state index in [0.29, 0.717) is 31.1 Å². The molecule has 182 valence electrons. The molecule has 0 saturated carbocycles. The fraction of sp³-hybridized carbons (Fsp3) is 0.423. The lowest BCUT2D eigenvalue weighted by Crippen LogP contribution is -2.47. The summed E-state index contributed by atoms with van der Waals surface area (Å²) in [4.78, 5) is 27.6. The first-order valence-electron chi connectivity index (χ1n) is 11.6.